The summed E-state index contributed by atoms with van der Waals surface area (Å²) in [6, 6.07) is 11.5. The van der Waals surface area contributed by atoms with Gasteiger partial charge in [0.25, 0.3) is 0 Å². The highest BCUT2D eigenvalue weighted by Crippen LogP contribution is 2.31. The van der Waals surface area contributed by atoms with Gasteiger partial charge in [0.05, 0.1) is 29.4 Å². The normalized spacial score (nSPS) is 10.2. The Morgan fingerprint density at radius 2 is 1.75 bits per heavy atom. The van der Waals surface area contributed by atoms with Crippen LogP contribution in [-0.2, 0) is 6.54 Å². The highest BCUT2D eigenvalue weighted by atomic mass is 79.9. The average Bonchev–Trinajstić information content (AvgIpc) is 2.48. The topological polar surface area (TPSA) is 30.5 Å². The zero-order chi connectivity index (χ0) is 14.5. The maximum Gasteiger partial charge on any atom is 0.122 e. The van der Waals surface area contributed by atoms with Crippen molar-refractivity contribution in [1.29, 1.82) is 0 Å². The van der Waals surface area contributed by atoms with Crippen LogP contribution in [0.1, 0.15) is 5.56 Å². The van der Waals surface area contributed by atoms with Crippen LogP contribution in [0.4, 0.5) is 5.69 Å². The number of nitrogens with one attached hydrogen (secondary N) is 1. The minimum Gasteiger partial charge on any atom is -0.497 e. The molecule has 0 amide bonds. The zero-order valence-electron chi connectivity index (χ0n) is 11.2. The van der Waals surface area contributed by atoms with Crippen molar-refractivity contribution in [2.45, 2.75) is 6.54 Å². The molecule has 2 aromatic carbocycles. The summed E-state index contributed by atoms with van der Waals surface area (Å²) in [6.45, 7) is 0.645. The lowest BCUT2D eigenvalue weighted by molar-refractivity contribution is 0.393. The summed E-state index contributed by atoms with van der Waals surface area (Å²) in [5.41, 5.74) is 2.01. The van der Waals surface area contributed by atoms with Crippen molar-refractivity contribution in [1.82, 2.24) is 0 Å². The Labute approximate surface area is 132 Å². The van der Waals surface area contributed by atoms with Gasteiger partial charge in [0.15, 0.2) is 0 Å². The Bertz CT molecular complexity index is 582. The van der Waals surface area contributed by atoms with Crippen molar-refractivity contribution in [3.8, 4) is 11.5 Å². The SMILES string of the molecule is COc1cc(CNc2cccc(Cl)c2Br)cc(OC)c1. The van der Waals surface area contributed by atoms with Gasteiger partial charge >= 0.3 is 0 Å². The van der Waals surface area contributed by atoms with Gasteiger partial charge in [-0.1, -0.05) is 17.7 Å². The van der Waals surface area contributed by atoms with Crippen LogP contribution in [0, 0.1) is 0 Å². The van der Waals surface area contributed by atoms with Gasteiger partial charge < -0.3 is 14.8 Å². The highest BCUT2D eigenvalue weighted by Gasteiger charge is 2.05. The van der Waals surface area contributed by atoms with Crippen molar-refractivity contribution < 1.29 is 9.47 Å². The third kappa shape index (κ3) is 3.58. The van der Waals surface area contributed by atoms with E-state index in [0.717, 1.165) is 27.2 Å². The van der Waals surface area contributed by atoms with Crippen molar-refractivity contribution in [3.63, 3.8) is 0 Å². The van der Waals surface area contributed by atoms with Crippen molar-refractivity contribution in [2.75, 3.05) is 19.5 Å². The number of hydrogen-bond acceptors (Lipinski definition) is 3. The molecule has 0 unspecified atom stereocenters. The van der Waals surface area contributed by atoms with Gasteiger partial charge in [-0.05, 0) is 45.8 Å². The van der Waals surface area contributed by atoms with Gasteiger partial charge in [0, 0.05) is 12.6 Å². The summed E-state index contributed by atoms with van der Waals surface area (Å²) in [7, 11) is 3.28. The molecular weight excluding hydrogens is 342 g/mol. The standard InChI is InChI=1S/C15H15BrClNO2/c1-19-11-6-10(7-12(8-11)20-2)9-18-14-5-3-4-13(17)15(14)16/h3-8,18H,9H2,1-2H3. The second-order valence-corrected chi connectivity index (χ2v) is 5.38. The minimum atomic E-state index is 0.645. The Morgan fingerprint density at radius 3 is 2.35 bits per heavy atom. The molecule has 0 aliphatic carbocycles. The molecule has 2 rings (SSSR count). The number of benzene rings is 2. The summed E-state index contributed by atoms with van der Waals surface area (Å²) in [6.07, 6.45) is 0. The molecule has 20 heavy (non-hydrogen) atoms. The quantitative estimate of drug-likeness (QED) is 0.840. The summed E-state index contributed by atoms with van der Waals surface area (Å²) >= 11 is 9.53. The van der Waals surface area contributed by atoms with E-state index in [2.05, 4.69) is 21.2 Å². The Hall–Kier alpha value is -1.39. The Morgan fingerprint density at radius 1 is 1.10 bits per heavy atom. The molecule has 0 saturated carbocycles. The molecule has 0 saturated heterocycles. The molecule has 106 valence electrons. The van der Waals surface area contributed by atoms with E-state index in [1.54, 1.807) is 14.2 Å². The predicted molar refractivity (Wildman–Crippen MR) is 86.0 cm³/mol. The van der Waals surface area contributed by atoms with E-state index in [1.165, 1.54) is 0 Å². The molecule has 0 aliphatic rings. The van der Waals surface area contributed by atoms with Crippen LogP contribution in [0.15, 0.2) is 40.9 Å². The molecule has 0 radical (unpaired) electrons. The molecule has 0 aromatic heterocycles. The van der Waals surface area contributed by atoms with Gasteiger partial charge in [-0.2, -0.15) is 0 Å². The Balaban J connectivity index is 2.16. The van der Waals surface area contributed by atoms with Crippen LogP contribution < -0.4 is 14.8 Å². The Kier molecular flexibility index (Phi) is 5.15. The molecule has 0 atom stereocenters. The lowest BCUT2D eigenvalue weighted by Gasteiger charge is -2.12. The number of ether oxygens (including phenoxy) is 2. The largest absolute Gasteiger partial charge is 0.497 e. The molecule has 0 bridgehead atoms. The third-order valence-corrected chi connectivity index (χ3v) is 4.24. The number of hydrogen-bond donors (Lipinski definition) is 1. The van der Waals surface area contributed by atoms with Crippen LogP contribution in [0.2, 0.25) is 5.02 Å². The number of rotatable bonds is 5. The van der Waals surface area contributed by atoms with E-state index < -0.39 is 0 Å². The summed E-state index contributed by atoms with van der Waals surface area (Å²) in [5, 5.41) is 4.01. The van der Waals surface area contributed by atoms with Crippen LogP contribution in [0.3, 0.4) is 0 Å². The summed E-state index contributed by atoms with van der Waals surface area (Å²) in [5.74, 6) is 1.54. The smallest absolute Gasteiger partial charge is 0.122 e. The van der Waals surface area contributed by atoms with Gasteiger partial charge in [-0.3, -0.25) is 0 Å². The van der Waals surface area contributed by atoms with E-state index in [0.29, 0.717) is 11.6 Å². The predicted octanol–water partition coefficient (Wildman–Crippen LogP) is 4.73. The van der Waals surface area contributed by atoms with E-state index in [-0.39, 0.29) is 0 Å². The van der Waals surface area contributed by atoms with Gasteiger partial charge in [0.2, 0.25) is 0 Å². The van der Waals surface area contributed by atoms with Crippen LogP contribution in [-0.4, -0.2) is 14.2 Å². The lowest BCUT2D eigenvalue weighted by Crippen LogP contribution is -2.01. The van der Waals surface area contributed by atoms with Crippen molar-refractivity contribution >= 4 is 33.2 Å². The second kappa shape index (κ2) is 6.86. The summed E-state index contributed by atoms with van der Waals surface area (Å²) < 4.78 is 11.4. The van der Waals surface area contributed by atoms with Gasteiger partial charge in [0.1, 0.15) is 11.5 Å². The van der Waals surface area contributed by atoms with Gasteiger partial charge in [-0.15, -0.1) is 0 Å². The molecule has 0 aliphatic heterocycles. The zero-order valence-corrected chi connectivity index (χ0v) is 13.6. The van der Waals surface area contributed by atoms with E-state index >= 15 is 0 Å². The molecule has 5 heteroatoms. The second-order valence-electron chi connectivity index (χ2n) is 4.18. The van der Waals surface area contributed by atoms with Crippen molar-refractivity contribution in [3.05, 3.63) is 51.5 Å². The first-order chi connectivity index (χ1) is 9.63. The third-order valence-electron chi connectivity index (χ3n) is 2.85. The van der Waals surface area contributed by atoms with Crippen LogP contribution in [0.25, 0.3) is 0 Å². The first-order valence-corrected chi connectivity index (χ1v) is 7.21. The fraction of sp³-hybridized carbons (Fsp3) is 0.200. The first-order valence-electron chi connectivity index (χ1n) is 6.04. The number of methoxy groups -OCH3 is 2. The number of anilines is 1. The molecule has 3 nitrogen and oxygen atoms in total. The first kappa shape index (κ1) is 15.0. The monoisotopic (exact) mass is 355 g/mol. The summed E-state index contributed by atoms with van der Waals surface area (Å²) in [4.78, 5) is 0. The van der Waals surface area contributed by atoms with Crippen LogP contribution in [0.5, 0.6) is 11.5 Å². The molecule has 1 N–H and O–H groups in total. The van der Waals surface area contributed by atoms with Crippen LogP contribution >= 0.6 is 27.5 Å². The maximum absolute atomic E-state index is 6.06. The fourth-order valence-electron chi connectivity index (χ4n) is 1.81. The maximum atomic E-state index is 6.06. The molecular formula is C15H15BrClNO2. The average molecular weight is 357 g/mol. The minimum absolute atomic E-state index is 0.645. The molecule has 0 heterocycles. The number of halogens is 2. The fourth-order valence-corrected chi connectivity index (χ4v) is 2.39. The van der Waals surface area contributed by atoms with E-state index in [9.17, 15) is 0 Å². The molecule has 0 spiro atoms. The lowest BCUT2D eigenvalue weighted by atomic mass is 10.2. The molecule has 2 aromatic rings. The van der Waals surface area contributed by atoms with E-state index in [4.69, 9.17) is 21.1 Å². The van der Waals surface area contributed by atoms with Crippen molar-refractivity contribution in [2.24, 2.45) is 0 Å². The highest BCUT2D eigenvalue weighted by molar-refractivity contribution is 9.10. The van der Waals surface area contributed by atoms with E-state index in [1.807, 2.05) is 36.4 Å². The molecule has 0 fully saturated rings. The van der Waals surface area contributed by atoms with Gasteiger partial charge in [-0.25, -0.2) is 0 Å².